The van der Waals surface area contributed by atoms with Crippen LogP contribution in [0.4, 0.5) is 5.69 Å². The first-order valence-electron chi connectivity index (χ1n) is 10.4. The molecule has 4 rings (SSSR count). The Morgan fingerprint density at radius 2 is 1.90 bits per heavy atom. The van der Waals surface area contributed by atoms with E-state index in [0.717, 1.165) is 62.0 Å². The van der Waals surface area contributed by atoms with E-state index in [9.17, 15) is 5.11 Å². The minimum atomic E-state index is -0.451. The number of para-hydroxylation sites is 1. The molecule has 0 radical (unpaired) electrons. The van der Waals surface area contributed by atoms with E-state index in [1.54, 1.807) is 18.9 Å². The van der Waals surface area contributed by atoms with Crippen molar-refractivity contribution in [2.75, 3.05) is 51.3 Å². The highest BCUT2D eigenvalue weighted by Crippen LogP contribution is 2.40. The number of aliphatic hydroxyl groups excluding tert-OH is 1. The number of methoxy groups -OCH3 is 1. The van der Waals surface area contributed by atoms with Gasteiger partial charge in [-0.2, -0.15) is 0 Å². The summed E-state index contributed by atoms with van der Waals surface area (Å²) in [5, 5.41) is 10.7. The van der Waals surface area contributed by atoms with Crippen LogP contribution in [-0.4, -0.2) is 67.8 Å². The topological polar surface area (TPSA) is 45.2 Å². The molecule has 0 aliphatic carbocycles. The van der Waals surface area contributed by atoms with Crippen molar-refractivity contribution in [3.8, 4) is 11.5 Å². The van der Waals surface area contributed by atoms with Crippen molar-refractivity contribution in [2.45, 2.75) is 29.1 Å². The van der Waals surface area contributed by atoms with Crippen molar-refractivity contribution in [2.24, 2.45) is 0 Å². The monoisotopic (exact) mass is 414 g/mol. The number of nitrogens with zero attached hydrogens (tertiary/aromatic N) is 2. The van der Waals surface area contributed by atoms with Gasteiger partial charge >= 0.3 is 0 Å². The standard InChI is InChI=1S/C23H30N2O3S/c1-27-19-9-10-21-23(16-19)29-22(20(26)17-28-21)8-5-11-24-12-14-25(15-13-24)18-6-3-2-4-7-18/h2-4,6-7,9-10,16,20,22,26H,5,8,11-15,17H2,1H3/t20-,22+/m1/s1. The number of hydrogen-bond donors (Lipinski definition) is 1. The molecule has 0 spiro atoms. The number of hydrogen-bond acceptors (Lipinski definition) is 6. The normalized spacial score (nSPS) is 22.5. The van der Waals surface area contributed by atoms with Gasteiger partial charge in [-0.1, -0.05) is 18.2 Å². The summed E-state index contributed by atoms with van der Waals surface area (Å²) in [7, 11) is 1.67. The highest BCUT2D eigenvalue weighted by atomic mass is 32.2. The average Bonchev–Trinajstić information content (AvgIpc) is 2.93. The van der Waals surface area contributed by atoms with Crippen molar-refractivity contribution < 1.29 is 14.6 Å². The van der Waals surface area contributed by atoms with Crippen molar-refractivity contribution in [1.29, 1.82) is 0 Å². The summed E-state index contributed by atoms with van der Waals surface area (Å²) in [5.74, 6) is 1.67. The molecule has 0 amide bonds. The lowest BCUT2D eigenvalue weighted by Crippen LogP contribution is -2.46. The molecule has 1 N–H and O–H groups in total. The molecule has 29 heavy (non-hydrogen) atoms. The predicted octanol–water partition coefficient (Wildman–Crippen LogP) is 3.51. The van der Waals surface area contributed by atoms with Crippen LogP contribution in [0.2, 0.25) is 0 Å². The first kappa shape index (κ1) is 20.4. The lowest BCUT2D eigenvalue weighted by Gasteiger charge is -2.36. The molecule has 2 aliphatic rings. The van der Waals surface area contributed by atoms with Crippen LogP contribution in [0.1, 0.15) is 12.8 Å². The molecule has 0 aromatic heterocycles. The van der Waals surface area contributed by atoms with Gasteiger partial charge in [0, 0.05) is 37.1 Å². The summed E-state index contributed by atoms with van der Waals surface area (Å²) in [6, 6.07) is 16.5. The largest absolute Gasteiger partial charge is 0.497 e. The SMILES string of the molecule is COc1ccc2c(c1)S[C@@H](CCCN1CCN(c3ccccc3)CC1)[C@H](O)CO2. The maximum absolute atomic E-state index is 10.5. The zero-order chi connectivity index (χ0) is 20.1. The number of benzene rings is 2. The van der Waals surface area contributed by atoms with Gasteiger partial charge in [0.25, 0.3) is 0 Å². The number of anilines is 1. The third kappa shape index (κ3) is 5.18. The average molecular weight is 415 g/mol. The van der Waals surface area contributed by atoms with E-state index in [1.165, 1.54) is 5.69 Å². The first-order chi connectivity index (χ1) is 14.2. The van der Waals surface area contributed by atoms with E-state index in [4.69, 9.17) is 9.47 Å². The Bertz CT molecular complexity index is 781. The fourth-order valence-corrected chi connectivity index (χ4v) is 5.26. The van der Waals surface area contributed by atoms with Gasteiger partial charge in [0.1, 0.15) is 24.2 Å². The van der Waals surface area contributed by atoms with Crippen LogP contribution in [0, 0.1) is 0 Å². The van der Waals surface area contributed by atoms with E-state index in [0.29, 0.717) is 6.61 Å². The summed E-state index contributed by atoms with van der Waals surface area (Å²) in [6.45, 7) is 5.78. The van der Waals surface area contributed by atoms with E-state index in [-0.39, 0.29) is 5.25 Å². The highest BCUT2D eigenvalue weighted by Gasteiger charge is 2.27. The van der Waals surface area contributed by atoms with Gasteiger partial charge in [0.05, 0.1) is 12.0 Å². The number of rotatable bonds is 6. The number of ether oxygens (including phenoxy) is 2. The fraction of sp³-hybridized carbons (Fsp3) is 0.478. The van der Waals surface area contributed by atoms with Gasteiger partial charge in [-0.05, 0) is 49.7 Å². The van der Waals surface area contributed by atoms with Crippen molar-refractivity contribution in [3.05, 3.63) is 48.5 Å². The van der Waals surface area contributed by atoms with E-state index in [1.807, 2.05) is 18.2 Å². The minimum Gasteiger partial charge on any atom is -0.497 e. The molecule has 2 aliphatic heterocycles. The molecule has 2 aromatic rings. The molecule has 2 atom stereocenters. The molecule has 0 unspecified atom stereocenters. The second-order valence-corrected chi connectivity index (χ2v) is 8.93. The lowest BCUT2D eigenvalue weighted by atomic mass is 10.1. The number of fused-ring (bicyclic) bond motifs is 1. The van der Waals surface area contributed by atoms with Crippen molar-refractivity contribution in [3.63, 3.8) is 0 Å². The molecular formula is C23H30N2O3S. The highest BCUT2D eigenvalue weighted by molar-refractivity contribution is 8.00. The van der Waals surface area contributed by atoms with Crippen molar-refractivity contribution in [1.82, 2.24) is 4.90 Å². The van der Waals surface area contributed by atoms with Crippen LogP contribution in [0.5, 0.6) is 11.5 Å². The second-order valence-electron chi connectivity index (χ2n) is 7.65. The second kappa shape index (κ2) is 9.74. The smallest absolute Gasteiger partial charge is 0.133 e. The van der Waals surface area contributed by atoms with E-state index < -0.39 is 6.10 Å². The minimum absolute atomic E-state index is 0.147. The molecule has 0 bridgehead atoms. The van der Waals surface area contributed by atoms with E-state index in [2.05, 4.69) is 40.1 Å². The Labute approximate surface area is 177 Å². The Kier molecular flexibility index (Phi) is 6.85. The van der Waals surface area contributed by atoms with Gasteiger partial charge in [-0.25, -0.2) is 0 Å². The molecule has 6 heteroatoms. The summed E-state index contributed by atoms with van der Waals surface area (Å²) in [6.07, 6.45) is 1.61. The quantitative estimate of drug-likeness (QED) is 0.781. The number of aliphatic hydroxyl groups is 1. The fourth-order valence-electron chi connectivity index (χ4n) is 3.99. The first-order valence-corrected chi connectivity index (χ1v) is 11.3. The summed E-state index contributed by atoms with van der Waals surface area (Å²) in [5.41, 5.74) is 1.32. The molecule has 156 valence electrons. The van der Waals surface area contributed by atoms with Crippen LogP contribution in [0.15, 0.2) is 53.4 Å². The third-order valence-corrected chi connectivity index (χ3v) is 7.15. The number of thioether (sulfide) groups is 1. The summed E-state index contributed by atoms with van der Waals surface area (Å²) >= 11 is 1.72. The zero-order valence-corrected chi connectivity index (χ0v) is 17.8. The maximum Gasteiger partial charge on any atom is 0.133 e. The van der Waals surface area contributed by atoms with E-state index >= 15 is 0 Å². The molecule has 5 nitrogen and oxygen atoms in total. The Morgan fingerprint density at radius 3 is 2.66 bits per heavy atom. The zero-order valence-electron chi connectivity index (χ0n) is 17.0. The Balaban J connectivity index is 1.26. The lowest BCUT2D eigenvalue weighted by molar-refractivity contribution is 0.103. The van der Waals surface area contributed by atoms with Gasteiger partial charge < -0.3 is 19.5 Å². The molecule has 2 aromatic carbocycles. The van der Waals surface area contributed by atoms with Crippen LogP contribution in [-0.2, 0) is 0 Å². The van der Waals surface area contributed by atoms with Crippen molar-refractivity contribution >= 4 is 17.4 Å². The van der Waals surface area contributed by atoms with Gasteiger partial charge in [-0.3, -0.25) is 4.90 Å². The van der Waals surface area contributed by atoms with Gasteiger partial charge in [0.2, 0.25) is 0 Å². The molecular weight excluding hydrogens is 384 g/mol. The van der Waals surface area contributed by atoms with Crippen LogP contribution < -0.4 is 14.4 Å². The summed E-state index contributed by atoms with van der Waals surface area (Å²) in [4.78, 5) is 6.06. The Hall–Kier alpha value is -1.89. The number of piperazine rings is 1. The molecule has 1 saturated heterocycles. The molecule has 2 heterocycles. The van der Waals surface area contributed by atoms with Gasteiger partial charge in [-0.15, -0.1) is 11.8 Å². The predicted molar refractivity (Wildman–Crippen MR) is 118 cm³/mol. The summed E-state index contributed by atoms with van der Waals surface area (Å²) < 4.78 is 11.1. The van der Waals surface area contributed by atoms with Crippen LogP contribution >= 0.6 is 11.8 Å². The Morgan fingerprint density at radius 1 is 1.10 bits per heavy atom. The maximum atomic E-state index is 10.5. The third-order valence-electron chi connectivity index (χ3n) is 5.72. The molecule has 1 fully saturated rings. The van der Waals surface area contributed by atoms with Crippen LogP contribution in [0.25, 0.3) is 0 Å². The van der Waals surface area contributed by atoms with Crippen LogP contribution in [0.3, 0.4) is 0 Å². The molecule has 0 saturated carbocycles. The van der Waals surface area contributed by atoms with Gasteiger partial charge in [0.15, 0.2) is 0 Å².